The van der Waals surface area contributed by atoms with Gasteiger partial charge in [0.1, 0.15) is 17.1 Å². The van der Waals surface area contributed by atoms with Crippen molar-refractivity contribution < 1.29 is 4.79 Å². The maximum absolute atomic E-state index is 12.5. The summed E-state index contributed by atoms with van der Waals surface area (Å²) in [5.74, 6) is 0.606. The number of aryl methyl sites for hydroxylation is 2. The number of nitrogens with zero attached hydrogens (tertiary/aromatic N) is 5. The van der Waals surface area contributed by atoms with E-state index in [0.717, 1.165) is 30.9 Å². The topological polar surface area (TPSA) is 89.1 Å². The fraction of sp³-hybridized carbons (Fsp3) is 0.286. The van der Waals surface area contributed by atoms with E-state index in [-0.39, 0.29) is 5.91 Å². The van der Waals surface area contributed by atoms with Crippen LogP contribution in [-0.2, 0) is 6.54 Å². The van der Waals surface area contributed by atoms with Gasteiger partial charge in [0, 0.05) is 25.5 Å². The molecule has 0 aliphatic carbocycles. The SMILES string of the molecule is Cc1cnc2c(C(=O)Nc3cnn4c3NCCC4)cnn2c1. The lowest BCUT2D eigenvalue weighted by Crippen LogP contribution is -2.19. The average molecular weight is 297 g/mol. The van der Waals surface area contributed by atoms with E-state index in [1.807, 2.05) is 17.8 Å². The molecule has 0 aromatic carbocycles. The maximum Gasteiger partial charge on any atom is 0.261 e. The van der Waals surface area contributed by atoms with Crippen LogP contribution in [0.4, 0.5) is 11.5 Å². The van der Waals surface area contributed by atoms with Gasteiger partial charge in [0.25, 0.3) is 5.91 Å². The third-order valence-electron chi connectivity index (χ3n) is 3.66. The highest BCUT2D eigenvalue weighted by Gasteiger charge is 2.19. The minimum absolute atomic E-state index is 0.241. The Labute approximate surface area is 126 Å². The fourth-order valence-electron chi connectivity index (χ4n) is 2.59. The van der Waals surface area contributed by atoms with Crippen molar-refractivity contribution in [2.75, 3.05) is 17.2 Å². The molecule has 4 heterocycles. The summed E-state index contributed by atoms with van der Waals surface area (Å²) in [6, 6.07) is 0. The minimum Gasteiger partial charge on any atom is -0.368 e. The first-order valence-corrected chi connectivity index (χ1v) is 7.13. The van der Waals surface area contributed by atoms with Crippen LogP contribution in [0.25, 0.3) is 5.65 Å². The molecule has 0 unspecified atom stereocenters. The van der Waals surface area contributed by atoms with Crippen LogP contribution in [0.5, 0.6) is 0 Å². The summed E-state index contributed by atoms with van der Waals surface area (Å²) in [6.45, 7) is 3.67. The van der Waals surface area contributed by atoms with Gasteiger partial charge in [0.05, 0.1) is 12.4 Å². The molecule has 0 bridgehead atoms. The number of aromatic nitrogens is 5. The highest BCUT2D eigenvalue weighted by molar-refractivity contribution is 6.09. The standard InChI is InChI=1S/C14H15N7O/c1-9-5-16-12-10(6-17-21(12)8-9)14(22)19-11-7-18-20-4-2-3-15-13(11)20/h5-8,15H,2-4H2,1H3,(H,19,22). The predicted molar refractivity (Wildman–Crippen MR) is 81.0 cm³/mol. The van der Waals surface area contributed by atoms with Gasteiger partial charge in [-0.1, -0.05) is 0 Å². The molecule has 8 heteroatoms. The van der Waals surface area contributed by atoms with Gasteiger partial charge in [-0.2, -0.15) is 10.2 Å². The highest BCUT2D eigenvalue weighted by Crippen LogP contribution is 2.25. The number of rotatable bonds is 2. The van der Waals surface area contributed by atoms with Crippen molar-refractivity contribution >= 4 is 23.1 Å². The van der Waals surface area contributed by atoms with Gasteiger partial charge in [-0.15, -0.1) is 0 Å². The van der Waals surface area contributed by atoms with Crippen molar-refractivity contribution in [2.24, 2.45) is 0 Å². The zero-order chi connectivity index (χ0) is 15.1. The van der Waals surface area contributed by atoms with Crippen LogP contribution in [0.2, 0.25) is 0 Å². The smallest absolute Gasteiger partial charge is 0.261 e. The first-order valence-electron chi connectivity index (χ1n) is 7.13. The van der Waals surface area contributed by atoms with Crippen LogP contribution in [0.1, 0.15) is 22.3 Å². The number of fused-ring (bicyclic) bond motifs is 2. The third-order valence-corrected chi connectivity index (χ3v) is 3.66. The van der Waals surface area contributed by atoms with E-state index >= 15 is 0 Å². The van der Waals surface area contributed by atoms with Crippen LogP contribution in [0.3, 0.4) is 0 Å². The summed E-state index contributed by atoms with van der Waals surface area (Å²) < 4.78 is 3.47. The number of hydrogen-bond acceptors (Lipinski definition) is 5. The largest absolute Gasteiger partial charge is 0.368 e. The minimum atomic E-state index is -0.241. The third kappa shape index (κ3) is 2.00. The van der Waals surface area contributed by atoms with Crippen molar-refractivity contribution in [1.29, 1.82) is 0 Å². The number of carbonyl (C=O) groups is 1. The number of nitrogens with one attached hydrogen (secondary N) is 2. The van der Waals surface area contributed by atoms with Gasteiger partial charge in [-0.05, 0) is 18.9 Å². The normalized spacial score (nSPS) is 13.7. The summed E-state index contributed by atoms with van der Waals surface area (Å²) in [5, 5.41) is 14.6. The molecule has 0 radical (unpaired) electrons. The van der Waals surface area contributed by atoms with E-state index in [0.29, 0.717) is 16.9 Å². The Balaban J connectivity index is 1.65. The molecular formula is C14H15N7O. The van der Waals surface area contributed by atoms with Crippen LogP contribution >= 0.6 is 0 Å². The Bertz CT molecular complexity index is 863. The molecule has 2 N–H and O–H groups in total. The Morgan fingerprint density at radius 2 is 2.23 bits per heavy atom. The number of hydrogen-bond donors (Lipinski definition) is 2. The molecule has 8 nitrogen and oxygen atoms in total. The number of carbonyl (C=O) groups excluding carboxylic acids is 1. The Morgan fingerprint density at radius 1 is 1.32 bits per heavy atom. The highest BCUT2D eigenvalue weighted by atomic mass is 16.1. The first kappa shape index (κ1) is 12.8. The van der Waals surface area contributed by atoms with Gasteiger partial charge in [0.15, 0.2) is 5.65 Å². The van der Waals surface area contributed by atoms with Gasteiger partial charge in [-0.25, -0.2) is 14.2 Å². The summed E-state index contributed by atoms with van der Waals surface area (Å²) >= 11 is 0. The molecule has 1 aliphatic rings. The lowest BCUT2D eigenvalue weighted by atomic mass is 10.3. The second-order valence-electron chi connectivity index (χ2n) is 5.32. The average Bonchev–Trinajstić information content (AvgIpc) is 3.11. The Hall–Kier alpha value is -2.90. The molecular weight excluding hydrogens is 282 g/mol. The fourth-order valence-corrected chi connectivity index (χ4v) is 2.59. The van der Waals surface area contributed by atoms with E-state index in [2.05, 4.69) is 25.8 Å². The quantitative estimate of drug-likeness (QED) is 0.744. The van der Waals surface area contributed by atoms with Crippen LogP contribution in [0.15, 0.2) is 24.8 Å². The van der Waals surface area contributed by atoms with Gasteiger partial charge < -0.3 is 10.6 Å². The van der Waals surface area contributed by atoms with Crippen LogP contribution < -0.4 is 10.6 Å². The van der Waals surface area contributed by atoms with Crippen molar-refractivity contribution in [1.82, 2.24) is 24.4 Å². The van der Waals surface area contributed by atoms with E-state index in [4.69, 9.17) is 0 Å². The van der Waals surface area contributed by atoms with Crippen molar-refractivity contribution in [3.63, 3.8) is 0 Å². The number of anilines is 2. The first-order chi connectivity index (χ1) is 10.7. The zero-order valence-corrected chi connectivity index (χ0v) is 12.1. The van der Waals surface area contributed by atoms with Crippen molar-refractivity contribution in [3.05, 3.63) is 35.9 Å². The molecule has 3 aromatic heterocycles. The predicted octanol–water partition coefficient (Wildman–Crippen LogP) is 1.30. The molecule has 112 valence electrons. The molecule has 0 saturated carbocycles. The summed E-state index contributed by atoms with van der Waals surface area (Å²) in [6.07, 6.45) is 7.77. The lowest BCUT2D eigenvalue weighted by Gasteiger charge is -2.16. The molecule has 4 rings (SSSR count). The van der Waals surface area contributed by atoms with E-state index in [1.54, 1.807) is 16.9 Å². The molecule has 1 aliphatic heterocycles. The van der Waals surface area contributed by atoms with Gasteiger partial charge in [0.2, 0.25) is 0 Å². The van der Waals surface area contributed by atoms with Gasteiger partial charge >= 0.3 is 0 Å². The van der Waals surface area contributed by atoms with E-state index in [9.17, 15) is 4.79 Å². The molecule has 0 fully saturated rings. The summed E-state index contributed by atoms with van der Waals surface area (Å²) in [5.41, 5.74) is 2.64. The lowest BCUT2D eigenvalue weighted by molar-refractivity contribution is 0.102. The molecule has 0 atom stereocenters. The molecule has 0 spiro atoms. The van der Waals surface area contributed by atoms with Gasteiger partial charge in [-0.3, -0.25) is 4.79 Å². The molecule has 3 aromatic rings. The molecule has 0 saturated heterocycles. The second kappa shape index (κ2) is 4.83. The van der Waals surface area contributed by atoms with Crippen molar-refractivity contribution in [3.8, 4) is 0 Å². The maximum atomic E-state index is 12.5. The zero-order valence-electron chi connectivity index (χ0n) is 12.1. The summed E-state index contributed by atoms with van der Waals surface area (Å²) in [4.78, 5) is 16.8. The Morgan fingerprint density at radius 3 is 3.14 bits per heavy atom. The monoisotopic (exact) mass is 297 g/mol. The second-order valence-corrected chi connectivity index (χ2v) is 5.32. The van der Waals surface area contributed by atoms with E-state index < -0.39 is 0 Å². The summed E-state index contributed by atoms with van der Waals surface area (Å²) in [7, 11) is 0. The van der Waals surface area contributed by atoms with Crippen LogP contribution in [-0.4, -0.2) is 36.8 Å². The van der Waals surface area contributed by atoms with E-state index in [1.165, 1.54) is 6.20 Å². The molecule has 22 heavy (non-hydrogen) atoms. The Kier molecular flexibility index (Phi) is 2.81. The molecule has 1 amide bonds. The van der Waals surface area contributed by atoms with Crippen LogP contribution in [0, 0.1) is 6.92 Å². The van der Waals surface area contributed by atoms with Crippen molar-refractivity contribution in [2.45, 2.75) is 19.9 Å². The number of amides is 1.